The van der Waals surface area contributed by atoms with Crippen LogP contribution in [-0.2, 0) is 24.4 Å². The van der Waals surface area contributed by atoms with Crippen molar-refractivity contribution in [2.45, 2.75) is 52.2 Å². The second-order valence-corrected chi connectivity index (χ2v) is 8.63. The minimum atomic E-state index is 0.404. The van der Waals surface area contributed by atoms with E-state index in [9.17, 15) is 0 Å². The van der Waals surface area contributed by atoms with Gasteiger partial charge in [-0.1, -0.05) is 0 Å². The fraction of sp³-hybridized carbons (Fsp3) is 0.632. The highest BCUT2D eigenvalue weighted by Crippen LogP contribution is 2.32. The summed E-state index contributed by atoms with van der Waals surface area (Å²) in [5.41, 5.74) is 2.66. The summed E-state index contributed by atoms with van der Waals surface area (Å²) in [6.07, 6.45) is 4.93. The van der Waals surface area contributed by atoms with Crippen LogP contribution in [0.5, 0.6) is 0 Å². The van der Waals surface area contributed by atoms with E-state index in [1.807, 2.05) is 11.3 Å². The normalized spacial score (nSPS) is 21.2. The quantitative estimate of drug-likeness (QED) is 0.765. The molecule has 1 aliphatic heterocycles. The van der Waals surface area contributed by atoms with E-state index in [2.05, 4.69) is 41.8 Å². The van der Waals surface area contributed by atoms with Crippen molar-refractivity contribution in [3.8, 4) is 0 Å². The molecule has 1 unspecified atom stereocenters. The van der Waals surface area contributed by atoms with Crippen LogP contribution in [0.4, 0.5) is 0 Å². The molecule has 0 bridgehead atoms. The molecule has 24 heavy (non-hydrogen) atoms. The van der Waals surface area contributed by atoms with Crippen molar-refractivity contribution >= 4 is 11.3 Å². The van der Waals surface area contributed by atoms with Crippen molar-refractivity contribution in [2.75, 3.05) is 19.8 Å². The van der Waals surface area contributed by atoms with Crippen molar-refractivity contribution < 1.29 is 4.74 Å². The molecule has 0 radical (unpaired) electrons. The average Bonchev–Trinajstić information content (AvgIpc) is 3.15. The predicted octanol–water partition coefficient (Wildman–Crippen LogP) is 3.80. The van der Waals surface area contributed by atoms with Gasteiger partial charge in [0.1, 0.15) is 0 Å². The smallest absolute Gasteiger partial charge is 0.0736 e. The van der Waals surface area contributed by atoms with Gasteiger partial charge in [0.05, 0.1) is 12.3 Å². The highest BCUT2D eigenvalue weighted by atomic mass is 32.1. The molecule has 1 fully saturated rings. The lowest BCUT2D eigenvalue weighted by Gasteiger charge is -2.31. The molecule has 4 rings (SSSR count). The Labute approximate surface area is 148 Å². The molecule has 2 aromatic rings. The van der Waals surface area contributed by atoms with Crippen molar-refractivity contribution in [3.63, 3.8) is 0 Å². The molecule has 4 nitrogen and oxygen atoms in total. The Morgan fingerprint density at radius 3 is 2.88 bits per heavy atom. The van der Waals surface area contributed by atoms with E-state index in [4.69, 9.17) is 9.84 Å². The third-order valence-corrected chi connectivity index (χ3v) is 5.98. The molecule has 5 heteroatoms. The second-order valence-electron chi connectivity index (χ2n) is 7.26. The van der Waals surface area contributed by atoms with Gasteiger partial charge in [-0.25, -0.2) is 0 Å². The minimum Gasteiger partial charge on any atom is -0.380 e. The van der Waals surface area contributed by atoms with E-state index in [0.29, 0.717) is 5.92 Å². The number of hydrogen-bond acceptors (Lipinski definition) is 4. The van der Waals surface area contributed by atoms with Crippen molar-refractivity contribution in [3.05, 3.63) is 39.3 Å². The number of aromatic nitrogens is 2. The largest absolute Gasteiger partial charge is 0.380 e. The van der Waals surface area contributed by atoms with Gasteiger partial charge in [0.15, 0.2) is 0 Å². The van der Waals surface area contributed by atoms with E-state index < -0.39 is 0 Å². The molecule has 0 N–H and O–H groups in total. The Hall–Kier alpha value is -1.17. The molecule has 2 aliphatic rings. The summed E-state index contributed by atoms with van der Waals surface area (Å²) in [6.45, 7) is 10.1. The summed E-state index contributed by atoms with van der Waals surface area (Å²) in [5, 5.41) is 4.82. The maximum Gasteiger partial charge on any atom is 0.0736 e. The van der Waals surface area contributed by atoms with E-state index in [0.717, 1.165) is 45.3 Å². The van der Waals surface area contributed by atoms with E-state index in [-0.39, 0.29) is 0 Å². The molecule has 2 aromatic heterocycles. The number of ether oxygens (including phenoxy) is 1. The second kappa shape index (κ2) is 6.98. The third kappa shape index (κ3) is 3.73. The standard InChI is InChI=1S/C19H27N3OS/c1-3-22-10-16-8-21(11-18-7-4-14(2)24-18)9-17(19(16)20-22)13-23-12-15-5-6-15/h4,7,10,15,17H,3,5-6,8-9,11-13H2,1-2H3. The van der Waals surface area contributed by atoms with Gasteiger partial charge in [-0.2, -0.15) is 5.10 Å². The van der Waals surface area contributed by atoms with Gasteiger partial charge in [-0.05, 0) is 44.7 Å². The molecule has 0 amide bonds. The molecule has 0 saturated heterocycles. The highest BCUT2D eigenvalue weighted by molar-refractivity contribution is 7.11. The number of aryl methyl sites for hydroxylation is 2. The zero-order valence-corrected chi connectivity index (χ0v) is 15.5. The maximum atomic E-state index is 6.03. The number of rotatable bonds is 7. The Morgan fingerprint density at radius 2 is 2.17 bits per heavy atom. The lowest BCUT2D eigenvalue weighted by atomic mass is 9.97. The highest BCUT2D eigenvalue weighted by Gasteiger charge is 2.30. The van der Waals surface area contributed by atoms with E-state index in [1.165, 1.54) is 33.9 Å². The molecule has 0 spiro atoms. The van der Waals surface area contributed by atoms with E-state index >= 15 is 0 Å². The molecular weight excluding hydrogens is 318 g/mol. The summed E-state index contributed by atoms with van der Waals surface area (Å²) in [5.74, 6) is 1.23. The molecule has 1 atom stereocenters. The van der Waals surface area contributed by atoms with Gasteiger partial charge in [-0.3, -0.25) is 9.58 Å². The number of thiophene rings is 1. The first-order valence-electron chi connectivity index (χ1n) is 9.13. The third-order valence-electron chi connectivity index (χ3n) is 5.00. The SMILES string of the molecule is CCn1cc2c(n1)C(COCC1CC1)CN(Cc1ccc(C)s1)C2. The fourth-order valence-electron chi connectivity index (χ4n) is 3.51. The van der Waals surface area contributed by atoms with Gasteiger partial charge in [-0.15, -0.1) is 11.3 Å². The predicted molar refractivity (Wildman–Crippen MR) is 97.4 cm³/mol. The monoisotopic (exact) mass is 345 g/mol. The molecule has 1 aliphatic carbocycles. The molecule has 130 valence electrons. The Morgan fingerprint density at radius 1 is 1.29 bits per heavy atom. The summed E-state index contributed by atoms with van der Waals surface area (Å²) in [7, 11) is 0. The topological polar surface area (TPSA) is 30.3 Å². The fourth-order valence-corrected chi connectivity index (χ4v) is 4.45. The van der Waals surface area contributed by atoms with Crippen LogP contribution in [-0.4, -0.2) is 34.4 Å². The Bertz CT molecular complexity index is 689. The zero-order chi connectivity index (χ0) is 16.5. The minimum absolute atomic E-state index is 0.404. The van der Waals surface area contributed by atoms with Crippen LogP contribution in [0.15, 0.2) is 18.3 Å². The number of hydrogen-bond donors (Lipinski definition) is 0. The molecule has 1 saturated carbocycles. The van der Waals surface area contributed by atoms with Gasteiger partial charge in [0, 0.05) is 60.2 Å². The van der Waals surface area contributed by atoms with Crippen LogP contribution in [0.1, 0.15) is 46.7 Å². The van der Waals surface area contributed by atoms with Crippen LogP contribution >= 0.6 is 11.3 Å². The molecular formula is C19H27N3OS. The first-order valence-corrected chi connectivity index (χ1v) is 9.94. The van der Waals surface area contributed by atoms with E-state index in [1.54, 1.807) is 0 Å². The average molecular weight is 346 g/mol. The lowest BCUT2D eigenvalue weighted by Crippen LogP contribution is -2.34. The summed E-state index contributed by atoms with van der Waals surface area (Å²) < 4.78 is 8.11. The van der Waals surface area contributed by atoms with Crippen LogP contribution < -0.4 is 0 Å². The Balaban J connectivity index is 1.46. The first-order chi connectivity index (χ1) is 11.7. The Kier molecular flexibility index (Phi) is 4.74. The maximum absolute atomic E-state index is 6.03. The summed E-state index contributed by atoms with van der Waals surface area (Å²) in [4.78, 5) is 5.41. The van der Waals surface area contributed by atoms with Crippen LogP contribution in [0.3, 0.4) is 0 Å². The first kappa shape index (κ1) is 16.3. The molecule has 3 heterocycles. The van der Waals surface area contributed by atoms with Gasteiger partial charge >= 0.3 is 0 Å². The summed E-state index contributed by atoms with van der Waals surface area (Å²) in [6, 6.07) is 4.49. The van der Waals surface area contributed by atoms with Gasteiger partial charge in [0.25, 0.3) is 0 Å². The van der Waals surface area contributed by atoms with Crippen molar-refractivity contribution in [1.82, 2.24) is 14.7 Å². The van der Waals surface area contributed by atoms with Gasteiger partial charge in [0.2, 0.25) is 0 Å². The number of nitrogens with zero attached hydrogens (tertiary/aromatic N) is 3. The number of fused-ring (bicyclic) bond motifs is 1. The van der Waals surface area contributed by atoms with Gasteiger partial charge < -0.3 is 4.74 Å². The van der Waals surface area contributed by atoms with Crippen molar-refractivity contribution in [1.29, 1.82) is 0 Å². The van der Waals surface area contributed by atoms with Crippen LogP contribution in [0, 0.1) is 12.8 Å². The van der Waals surface area contributed by atoms with Crippen molar-refractivity contribution in [2.24, 2.45) is 5.92 Å². The van der Waals surface area contributed by atoms with Crippen LogP contribution in [0.25, 0.3) is 0 Å². The lowest BCUT2D eigenvalue weighted by molar-refractivity contribution is 0.0883. The zero-order valence-electron chi connectivity index (χ0n) is 14.7. The molecule has 0 aromatic carbocycles. The summed E-state index contributed by atoms with van der Waals surface area (Å²) >= 11 is 1.91. The van der Waals surface area contributed by atoms with Crippen LogP contribution in [0.2, 0.25) is 0 Å².